The Hall–Kier alpha value is -4.53. The molecule has 0 atom stereocenters. The van der Waals surface area contributed by atoms with Gasteiger partial charge >= 0.3 is 0 Å². The molecule has 0 saturated carbocycles. The number of hydrogen-bond acceptors (Lipinski definition) is 5. The van der Waals surface area contributed by atoms with Crippen LogP contribution in [-0.4, -0.2) is 40.5 Å². The van der Waals surface area contributed by atoms with Crippen LogP contribution in [0, 0.1) is 19.7 Å². The number of hydrogen-bond donors (Lipinski definition) is 3. The second-order valence-electron chi connectivity index (χ2n) is 8.15. The Morgan fingerprint density at radius 2 is 1.92 bits per heavy atom. The molecule has 0 fully saturated rings. The van der Waals surface area contributed by atoms with Crippen LogP contribution in [0.2, 0.25) is 0 Å². The summed E-state index contributed by atoms with van der Waals surface area (Å²) in [5.41, 5.74) is 4.12. The molecule has 0 aliphatic heterocycles. The first-order chi connectivity index (χ1) is 17.4. The summed E-state index contributed by atoms with van der Waals surface area (Å²) in [6.45, 7) is 4.07. The summed E-state index contributed by atoms with van der Waals surface area (Å²) in [7, 11) is 1.58. The number of carbonyl (C=O) groups is 1. The molecule has 8 nitrogen and oxygen atoms in total. The van der Waals surface area contributed by atoms with E-state index in [0.29, 0.717) is 24.7 Å². The number of guanidine groups is 1. The maximum atomic E-state index is 13.7. The second kappa shape index (κ2) is 11.3. The summed E-state index contributed by atoms with van der Waals surface area (Å²) in [6, 6.07) is 13.9. The lowest BCUT2D eigenvalue weighted by atomic mass is 10.1. The molecule has 4 aromatic rings. The van der Waals surface area contributed by atoms with Gasteiger partial charge in [-0.1, -0.05) is 18.2 Å². The van der Waals surface area contributed by atoms with Crippen molar-refractivity contribution in [1.82, 2.24) is 20.3 Å². The van der Waals surface area contributed by atoms with Crippen molar-refractivity contribution in [1.29, 1.82) is 0 Å². The number of nitrogens with zero attached hydrogens (tertiary/aromatic N) is 3. The number of aliphatic imine (C=N–C) groups is 1. The molecule has 0 radical (unpaired) electrons. The van der Waals surface area contributed by atoms with Gasteiger partial charge in [-0.2, -0.15) is 0 Å². The number of fused-ring (bicyclic) bond motifs is 1. The largest absolute Gasteiger partial charge is 0.496 e. The van der Waals surface area contributed by atoms with Gasteiger partial charge in [-0.25, -0.2) is 14.4 Å². The van der Waals surface area contributed by atoms with Crippen molar-refractivity contribution < 1.29 is 13.9 Å². The van der Waals surface area contributed by atoms with Crippen LogP contribution < -0.4 is 15.4 Å². The highest BCUT2D eigenvalue weighted by Crippen LogP contribution is 2.20. The van der Waals surface area contributed by atoms with E-state index in [1.54, 1.807) is 19.3 Å². The molecule has 36 heavy (non-hydrogen) atoms. The van der Waals surface area contributed by atoms with Crippen molar-refractivity contribution in [2.24, 2.45) is 4.99 Å². The van der Waals surface area contributed by atoms with Crippen LogP contribution in [0.3, 0.4) is 0 Å². The number of ether oxygens (including phenoxy) is 1. The molecule has 2 heterocycles. The Bertz CT molecular complexity index is 1420. The van der Waals surface area contributed by atoms with E-state index in [-0.39, 0.29) is 17.7 Å². The van der Waals surface area contributed by atoms with Crippen molar-refractivity contribution in [3.63, 3.8) is 0 Å². The summed E-state index contributed by atoms with van der Waals surface area (Å²) in [4.78, 5) is 29.1. The molecular formula is C27H27FN6O2. The molecule has 184 valence electrons. The third-order valence-corrected chi connectivity index (χ3v) is 5.39. The van der Waals surface area contributed by atoms with Gasteiger partial charge in [0.05, 0.1) is 7.11 Å². The monoisotopic (exact) mass is 486 g/mol. The fraction of sp³-hybridized carbons (Fsp3) is 0.185. The number of rotatable bonds is 7. The predicted molar refractivity (Wildman–Crippen MR) is 140 cm³/mol. The van der Waals surface area contributed by atoms with Crippen LogP contribution in [0.5, 0.6) is 5.75 Å². The van der Waals surface area contributed by atoms with Crippen molar-refractivity contribution >= 4 is 34.8 Å². The van der Waals surface area contributed by atoms with Crippen LogP contribution >= 0.6 is 0 Å². The summed E-state index contributed by atoms with van der Waals surface area (Å²) in [5, 5.41) is 6.58. The fourth-order valence-corrected chi connectivity index (χ4v) is 3.77. The van der Waals surface area contributed by atoms with E-state index < -0.39 is 0 Å². The standard InChI is InChI=1S/C27H27FN6O2/c1-17-14-18(2)32-27(31-17)34-26(33-25(35)11-8-19-6-4-5-7-24(19)36-3)29-13-12-20-16-30-23-10-9-21(28)15-22(20)23/h4-11,14-16,30H,12-13H2,1-3H3,(H2,29,31,32,33,34,35)/b11-8+. The second-order valence-corrected chi connectivity index (χ2v) is 8.15. The first-order valence-corrected chi connectivity index (χ1v) is 11.4. The number of carbonyl (C=O) groups excluding carboxylic acids is 1. The SMILES string of the molecule is COc1ccccc1/C=C/C(=O)NC(=NCCc1c[nH]c2ccc(F)cc12)Nc1nc(C)cc(C)n1. The molecule has 4 rings (SSSR count). The third-order valence-electron chi connectivity index (χ3n) is 5.39. The van der Waals surface area contributed by atoms with Crippen molar-refractivity contribution in [3.8, 4) is 5.75 Å². The number of benzene rings is 2. The van der Waals surface area contributed by atoms with E-state index in [9.17, 15) is 9.18 Å². The molecule has 0 unspecified atom stereocenters. The van der Waals surface area contributed by atoms with Gasteiger partial charge in [-0.3, -0.25) is 20.4 Å². The number of halogens is 1. The summed E-state index contributed by atoms with van der Waals surface area (Å²) in [6.07, 6.45) is 5.45. The molecule has 0 saturated heterocycles. The van der Waals surface area contributed by atoms with Crippen LogP contribution in [0.25, 0.3) is 17.0 Å². The van der Waals surface area contributed by atoms with E-state index in [4.69, 9.17) is 4.74 Å². The van der Waals surface area contributed by atoms with Gasteiger partial charge in [0.15, 0.2) is 0 Å². The molecule has 0 bridgehead atoms. The number of aryl methyl sites for hydroxylation is 2. The van der Waals surface area contributed by atoms with Gasteiger partial charge in [0.2, 0.25) is 11.9 Å². The Labute approximate surface area is 208 Å². The third kappa shape index (κ3) is 6.32. The number of aromatic amines is 1. The molecular weight excluding hydrogens is 459 g/mol. The Morgan fingerprint density at radius 3 is 2.69 bits per heavy atom. The normalized spacial score (nSPS) is 11.7. The first kappa shape index (κ1) is 24.6. The molecule has 1 amide bonds. The predicted octanol–water partition coefficient (Wildman–Crippen LogP) is 4.56. The van der Waals surface area contributed by atoms with Crippen LogP contribution in [0.15, 0.2) is 65.8 Å². The highest BCUT2D eigenvalue weighted by molar-refractivity contribution is 6.08. The minimum Gasteiger partial charge on any atom is -0.496 e. The zero-order chi connectivity index (χ0) is 25.5. The van der Waals surface area contributed by atoms with E-state index in [1.807, 2.05) is 50.4 Å². The van der Waals surface area contributed by atoms with Gasteiger partial charge in [0.1, 0.15) is 11.6 Å². The Kier molecular flexibility index (Phi) is 7.69. The molecule has 0 aliphatic carbocycles. The minimum atomic E-state index is -0.384. The van der Waals surface area contributed by atoms with Gasteiger partial charge < -0.3 is 9.72 Å². The molecule has 2 aromatic carbocycles. The topological polar surface area (TPSA) is 104 Å². The number of nitrogens with one attached hydrogen (secondary N) is 3. The van der Waals surface area contributed by atoms with Crippen molar-refractivity contribution in [2.45, 2.75) is 20.3 Å². The van der Waals surface area contributed by atoms with Gasteiger partial charge in [0, 0.05) is 46.7 Å². The van der Waals surface area contributed by atoms with E-state index in [0.717, 1.165) is 33.4 Å². The smallest absolute Gasteiger partial charge is 0.250 e. The van der Waals surface area contributed by atoms with Gasteiger partial charge in [-0.05, 0) is 62.2 Å². The van der Waals surface area contributed by atoms with Gasteiger partial charge in [0.25, 0.3) is 5.91 Å². The summed E-state index contributed by atoms with van der Waals surface area (Å²) >= 11 is 0. The summed E-state index contributed by atoms with van der Waals surface area (Å²) in [5.74, 6) is 0.517. The first-order valence-electron chi connectivity index (χ1n) is 11.4. The number of amides is 1. The molecule has 9 heteroatoms. The lowest BCUT2D eigenvalue weighted by molar-refractivity contribution is -0.115. The molecule has 0 aliphatic rings. The van der Waals surface area contributed by atoms with Crippen LogP contribution in [0.4, 0.5) is 10.3 Å². The van der Waals surface area contributed by atoms with Crippen LogP contribution in [-0.2, 0) is 11.2 Å². The summed E-state index contributed by atoms with van der Waals surface area (Å²) < 4.78 is 19.0. The quantitative estimate of drug-likeness (QED) is 0.202. The Morgan fingerprint density at radius 1 is 1.14 bits per heavy atom. The van der Waals surface area contributed by atoms with E-state index in [2.05, 4.69) is 30.6 Å². The maximum Gasteiger partial charge on any atom is 0.250 e. The zero-order valence-corrected chi connectivity index (χ0v) is 20.3. The Balaban J connectivity index is 1.52. The van der Waals surface area contributed by atoms with Crippen molar-refractivity contribution in [2.75, 3.05) is 19.0 Å². The van der Waals surface area contributed by atoms with E-state index in [1.165, 1.54) is 18.2 Å². The van der Waals surface area contributed by atoms with Gasteiger partial charge in [-0.15, -0.1) is 0 Å². The molecule has 0 spiro atoms. The average Bonchev–Trinajstić information content (AvgIpc) is 3.24. The highest BCUT2D eigenvalue weighted by atomic mass is 19.1. The zero-order valence-electron chi connectivity index (χ0n) is 20.3. The molecule has 2 aromatic heterocycles. The maximum absolute atomic E-state index is 13.7. The lowest BCUT2D eigenvalue weighted by Crippen LogP contribution is -2.35. The fourth-order valence-electron chi connectivity index (χ4n) is 3.77. The van der Waals surface area contributed by atoms with E-state index >= 15 is 0 Å². The number of aromatic nitrogens is 3. The van der Waals surface area contributed by atoms with Crippen molar-refractivity contribution in [3.05, 3.63) is 89.1 Å². The number of H-pyrrole nitrogens is 1. The number of methoxy groups -OCH3 is 1. The van der Waals surface area contributed by atoms with Crippen LogP contribution in [0.1, 0.15) is 22.5 Å². The minimum absolute atomic E-state index is 0.209. The lowest BCUT2D eigenvalue weighted by Gasteiger charge is -2.10. The number of para-hydroxylation sites is 1. The average molecular weight is 487 g/mol. The highest BCUT2D eigenvalue weighted by Gasteiger charge is 2.09. The number of anilines is 1. The molecule has 3 N–H and O–H groups in total.